The summed E-state index contributed by atoms with van der Waals surface area (Å²) >= 11 is 1.06. The van der Waals surface area contributed by atoms with E-state index in [0.29, 0.717) is 23.5 Å². The summed E-state index contributed by atoms with van der Waals surface area (Å²) in [4.78, 5) is 24.1. The number of carbonyl (C=O) groups excluding carboxylic acids is 1. The number of benzene rings is 2. The van der Waals surface area contributed by atoms with Crippen LogP contribution < -0.4 is 19.6 Å². The summed E-state index contributed by atoms with van der Waals surface area (Å²) in [5.74, 6) is -0.143. The molecule has 2 N–H and O–H groups in total. The number of nitrogens with one attached hydrogen (secondary N) is 2. The van der Waals surface area contributed by atoms with Crippen LogP contribution in [0.3, 0.4) is 0 Å². The summed E-state index contributed by atoms with van der Waals surface area (Å²) in [7, 11) is -2.54. The van der Waals surface area contributed by atoms with Crippen LogP contribution in [0.4, 0.5) is 5.69 Å². The molecule has 0 fully saturated rings. The van der Waals surface area contributed by atoms with Gasteiger partial charge in [-0.1, -0.05) is 11.3 Å². The normalized spacial score (nSPS) is 11.4. The molecule has 2 aromatic carbocycles. The van der Waals surface area contributed by atoms with E-state index in [9.17, 15) is 18.0 Å². The highest BCUT2D eigenvalue weighted by molar-refractivity contribution is 7.92. The van der Waals surface area contributed by atoms with Gasteiger partial charge in [-0.25, -0.2) is 8.42 Å². The van der Waals surface area contributed by atoms with E-state index in [-0.39, 0.29) is 21.1 Å². The lowest BCUT2D eigenvalue weighted by molar-refractivity contribution is 0.0952. The van der Waals surface area contributed by atoms with Crippen molar-refractivity contribution in [3.05, 3.63) is 51.6 Å². The molecule has 29 heavy (non-hydrogen) atoms. The minimum atomic E-state index is -3.95. The molecule has 0 aliphatic heterocycles. The predicted octanol–water partition coefficient (Wildman–Crippen LogP) is 2.64. The molecule has 0 saturated heterocycles. The van der Waals surface area contributed by atoms with Crippen molar-refractivity contribution >= 4 is 43.2 Å². The maximum absolute atomic E-state index is 12.9. The lowest BCUT2D eigenvalue weighted by Crippen LogP contribution is -2.24. The predicted molar refractivity (Wildman–Crippen MR) is 114 cm³/mol. The number of hydrogen-bond acceptors (Lipinski definition) is 6. The van der Waals surface area contributed by atoms with Crippen molar-refractivity contribution in [3.63, 3.8) is 0 Å². The summed E-state index contributed by atoms with van der Waals surface area (Å²) in [5, 5.41) is 2.63. The van der Waals surface area contributed by atoms with Crippen LogP contribution in [0.15, 0.2) is 46.1 Å². The number of sulfonamides is 1. The Labute approximate surface area is 172 Å². The third-order valence-corrected chi connectivity index (χ3v) is 6.62. The second-order valence-corrected chi connectivity index (χ2v) is 8.80. The molecule has 10 heteroatoms. The number of aromatic nitrogens is 1. The van der Waals surface area contributed by atoms with Gasteiger partial charge in [0.1, 0.15) is 5.75 Å². The zero-order valence-corrected chi connectivity index (χ0v) is 17.8. The maximum atomic E-state index is 12.9. The van der Waals surface area contributed by atoms with E-state index >= 15 is 0 Å². The van der Waals surface area contributed by atoms with Crippen molar-refractivity contribution in [3.8, 4) is 5.75 Å². The van der Waals surface area contributed by atoms with Crippen molar-refractivity contribution in [1.29, 1.82) is 0 Å². The number of rotatable bonds is 7. The van der Waals surface area contributed by atoms with E-state index in [4.69, 9.17) is 4.74 Å². The summed E-state index contributed by atoms with van der Waals surface area (Å²) in [6, 6.07) is 9.02. The van der Waals surface area contributed by atoms with Crippen LogP contribution in [-0.2, 0) is 16.6 Å². The molecule has 0 saturated carbocycles. The van der Waals surface area contributed by atoms with Crippen molar-refractivity contribution in [1.82, 2.24) is 9.88 Å². The Balaban J connectivity index is 1.97. The molecule has 154 valence electrons. The average molecular weight is 436 g/mol. The maximum Gasteiger partial charge on any atom is 0.308 e. The molecule has 0 aliphatic rings. The SMILES string of the molecule is CCNC(=O)c1cc(S(=O)(=O)Nc2ccc3c(c2)sc(=O)n3CC)ccc1OC. The van der Waals surface area contributed by atoms with Gasteiger partial charge < -0.3 is 10.1 Å². The zero-order chi connectivity index (χ0) is 21.2. The lowest BCUT2D eigenvalue weighted by Gasteiger charge is -2.12. The van der Waals surface area contributed by atoms with Gasteiger partial charge in [0.2, 0.25) is 0 Å². The number of hydrogen-bond donors (Lipinski definition) is 2. The standard InChI is InChI=1S/C19H21N3O5S2/c1-4-20-18(23)14-11-13(7-9-16(14)27-3)29(25,26)21-12-6-8-15-17(10-12)28-19(24)22(15)5-2/h6-11,21H,4-5H2,1-3H3,(H,20,23). The largest absolute Gasteiger partial charge is 0.496 e. The van der Waals surface area contributed by atoms with Crippen LogP contribution in [0.1, 0.15) is 24.2 Å². The van der Waals surface area contributed by atoms with Gasteiger partial charge in [0, 0.05) is 13.1 Å². The van der Waals surface area contributed by atoms with Crippen LogP contribution in [0.2, 0.25) is 0 Å². The first kappa shape index (κ1) is 20.9. The smallest absolute Gasteiger partial charge is 0.308 e. The Bertz CT molecular complexity index is 1230. The minimum Gasteiger partial charge on any atom is -0.496 e. The van der Waals surface area contributed by atoms with Gasteiger partial charge in [0.25, 0.3) is 15.9 Å². The van der Waals surface area contributed by atoms with Crippen molar-refractivity contribution < 1.29 is 17.9 Å². The fraction of sp³-hybridized carbons (Fsp3) is 0.263. The Morgan fingerprint density at radius 1 is 1.17 bits per heavy atom. The number of aryl methyl sites for hydroxylation is 1. The number of methoxy groups -OCH3 is 1. The zero-order valence-electron chi connectivity index (χ0n) is 16.2. The van der Waals surface area contributed by atoms with Crippen LogP contribution in [-0.4, -0.2) is 32.5 Å². The monoisotopic (exact) mass is 435 g/mol. The van der Waals surface area contributed by atoms with Crippen molar-refractivity contribution in [2.75, 3.05) is 18.4 Å². The molecule has 1 aromatic heterocycles. The number of thiazole rings is 1. The van der Waals surface area contributed by atoms with Gasteiger partial charge in [-0.15, -0.1) is 0 Å². The van der Waals surface area contributed by atoms with E-state index in [1.54, 1.807) is 29.7 Å². The molecule has 0 unspecified atom stereocenters. The van der Waals surface area contributed by atoms with Crippen LogP contribution in [0.5, 0.6) is 5.75 Å². The quantitative estimate of drug-likeness (QED) is 0.593. The van der Waals surface area contributed by atoms with E-state index in [1.165, 1.54) is 25.3 Å². The Morgan fingerprint density at radius 3 is 2.59 bits per heavy atom. The molecule has 8 nitrogen and oxygen atoms in total. The number of anilines is 1. The molecule has 0 atom stereocenters. The number of nitrogens with zero attached hydrogens (tertiary/aromatic N) is 1. The summed E-state index contributed by atoms with van der Waals surface area (Å²) in [6.07, 6.45) is 0. The van der Waals surface area contributed by atoms with Gasteiger partial charge in [-0.05, 0) is 50.2 Å². The highest BCUT2D eigenvalue weighted by Crippen LogP contribution is 2.26. The van der Waals surface area contributed by atoms with Gasteiger partial charge in [0.15, 0.2) is 0 Å². The molecular formula is C19H21N3O5S2. The van der Waals surface area contributed by atoms with Crippen molar-refractivity contribution in [2.45, 2.75) is 25.3 Å². The third kappa shape index (κ3) is 4.13. The second-order valence-electron chi connectivity index (χ2n) is 6.12. The number of amides is 1. The fourth-order valence-corrected chi connectivity index (χ4v) is 5.00. The highest BCUT2D eigenvalue weighted by atomic mass is 32.2. The highest BCUT2D eigenvalue weighted by Gasteiger charge is 2.20. The summed E-state index contributed by atoms with van der Waals surface area (Å²) in [5.41, 5.74) is 1.22. The van der Waals surface area contributed by atoms with E-state index in [1.807, 2.05) is 6.92 Å². The molecule has 0 bridgehead atoms. The number of carbonyl (C=O) groups is 1. The first-order chi connectivity index (χ1) is 13.8. The number of fused-ring (bicyclic) bond motifs is 1. The van der Waals surface area contributed by atoms with E-state index in [2.05, 4.69) is 10.0 Å². The molecule has 3 aromatic rings. The number of ether oxygens (including phenoxy) is 1. The first-order valence-electron chi connectivity index (χ1n) is 8.93. The Morgan fingerprint density at radius 2 is 1.93 bits per heavy atom. The van der Waals surface area contributed by atoms with Crippen molar-refractivity contribution in [2.24, 2.45) is 0 Å². The molecule has 3 rings (SSSR count). The molecule has 0 radical (unpaired) electrons. The van der Waals surface area contributed by atoms with Crippen LogP contribution >= 0.6 is 11.3 Å². The second kappa shape index (κ2) is 8.26. The lowest BCUT2D eigenvalue weighted by atomic mass is 10.2. The molecule has 1 heterocycles. The summed E-state index contributed by atoms with van der Waals surface area (Å²) < 4.78 is 35.7. The van der Waals surface area contributed by atoms with Gasteiger partial charge >= 0.3 is 4.87 Å². The molecule has 0 spiro atoms. The Hall–Kier alpha value is -2.85. The third-order valence-electron chi connectivity index (χ3n) is 4.30. The average Bonchev–Trinajstić information content (AvgIpc) is 3.01. The Kier molecular flexibility index (Phi) is 5.94. The van der Waals surface area contributed by atoms with Gasteiger partial charge in [-0.2, -0.15) is 0 Å². The summed E-state index contributed by atoms with van der Waals surface area (Å²) in [6.45, 7) is 4.58. The van der Waals surface area contributed by atoms with Gasteiger partial charge in [0.05, 0.1) is 33.5 Å². The van der Waals surface area contributed by atoms with E-state index in [0.717, 1.165) is 16.9 Å². The fourth-order valence-electron chi connectivity index (χ4n) is 2.93. The van der Waals surface area contributed by atoms with Gasteiger partial charge in [-0.3, -0.25) is 18.9 Å². The molecule has 1 amide bonds. The van der Waals surface area contributed by atoms with Crippen LogP contribution in [0, 0.1) is 0 Å². The topological polar surface area (TPSA) is 107 Å². The molecule has 0 aliphatic carbocycles. The first-order valence-corrected chi connectivity index (χ1v) is 11.2. The minimum absolute atomic E-state index is 0.0704. The van der Waals surface area contributed by atoms with Crippen LogP contribution in [0.25, 0.3) is 10.2 Å². The molecular weight excluding hydrogens is 414 g/mol. The van der Waals surface area contributed by atoms with E-state index < -0.39 is 15.9 Å².